The van der Waals surface area contributed by atoms with Crippen LogP contribution in [0.3, 0.4) is 0 Å². The molecule has 0 radical (unpaired) electrons. The Balaban J connectivity index is 3.29. The third kappa shape index (κ3) is 20.1. The van der Waals surface area contributed by atoms with E-state index in [9.17, 15) is 4.79 Å². The highest BCUT2D eigenvalue weighted by atomic mass is 16.6. The summed E-state index contributed by atoms with van der Waals surface area (Å²) in [7, 11) is 0. The Kier molecular flexibility index (Phi) is 20.5. The van der Waals surface area contributed by atoms with Gasteiger partial charge in [-0.15, -0.1) is 0 Å². The van der Waals surface area contributed by atoms with E-state index in [1.165, 1.54) is 12.8 Å². The summed E-state index contributed by atoms with van der Waals surface area (Å²) in [6.07, 6.45) is 5.69. The molecule has 6 nitrogen and oxygen atoms in total. The van der Waals surface area contributed by atoms with Gasteiger partial charge in [-0.2, -0.15) is 0 Å². The van der Waals surface area contributed by atoms with Gasteiger partial charge in [0, 0.05) is 19.6 Å². The molecule has 0 aromatic carbocycles. The maximum absolute atomic E-state index is 11.7. The van der Waals surface area contributed by atoms with Gasteiger partial charge in [0.15, 0.2) is 0 Å². The third-order valence-corrected chi connectivity index (χ3v) is 4.26. The molecule has 0 saturated carbocycles. The van der Waals surface area contributed by atoms with Crippen LogP contribution in [0, 0.1) is 11.8 Å². The van der Waals surface area contributed by atoms with Crippen molar-refractivity contribution in [3.8, 4) is 0 Å². The SMILES string of the molecule is CCCCC(CC)COC(=O)CCCOCCOCCOCCOCC(C)C. The molecule has 28 heavy (non-hydrogen) atoms. The molecule has 0 aliphatic carbocycles. The Morgan fingerprint density at radius 3 is 1.86 bits per heavy atom. The molecular weight excluding hydrogens is 360 g/mol. The fourth-order valence-corrected chi connectivity index (χ4v) is 2.48. The number of esters is 1. The van der Waals surface area contributed by atoms with Gasteiger partial charge < -0.3 is 23.7 Å². The molecule has 0 aliphatic heterocycles. The number of hydrogen-bond donors (Lipinski definition) is 0. The predicted molar refractivity (Wildman–Crippen MR) is 112 cm³/mol. The Bertz CT molecular complexity index is 335. The second kappa shape index (κ2) is 21.0. The lowest BCUT2D eigenvalue weighted by molar-refractivity contribution is -0.145. The summed E-state index contributed by atoms with van der Waals surface area (Å²) < 4.78 is 27.1. The number of rotatable bonds is 21. The first-order valence-electron chi connectivity index (χ1n) is 11.1. The van der Waals surface area contributed by atoms with Gasteiger partial charge in [0.1, 0.15) is 0 Å². The van der Waals surface area contributed by atoms with E-state index in [4.69, 9.17) is 23.7 Å². The van der Waals surface area contributed by atoms with Crippen LogP contribution in [0.4, 0.5) is 0 Å². The second-order valence-electron chi connectivity index (χ2n) is 7.51. The van der Waals surface area contributed by atoms with Crippen LogP contribution in [0.2, 0.25) is 0 Å². The summed E-state index contributed by atoms with van der Waals surface area (Å²) in [4.78, 5) is 11.7. The third-order valence-electron chi connectivity index (χ3n) is 4.26. The first-order chi connectivity index (χ1) is 13.6. The number of carbonyl (C=O) groups is 1. The lowest BCUT2D eigenvalue weighted by atomic mass is 10.0. The van der Waals surface area contributed by atoms with E-state index in [0.717, 1.165) is 19.4 Å². The normalized spacial score (nSPS) is 12.5. The molecule has 1 atom stereocenters. The quantitative estimate of drug-likeness (QED) is 0.210. The Hall–Kier alpha value is -0.690. The average molecular weight is 405 g/mol. The zero-order valence-electron chi connectivity index (χ0n) is 18.7. The highest BCUT2D eigenvalue weighted by Crippen LogP contribution is 2.13. The predicted octanol–water partition coefficient (Wildman–Crippen LogP) is 4.25. The van der Waals surface area contributed by atoms with Gasteiger partial charge in [-0.1, -0.05) is 47.0 Å². The standard InChI is InChI=1S/C22H44O6/c1-5-7-9-21(6-2)19-28-22(23)10-8-11-24-12-13-25-14-15-26-16-17-27-18-20(3)4/h20-21H,5-19H2,1-4H3. The first kappa shape index (κ1) is 27.3. The smallest absolute Gasteiger partial charge is 0.305 e. The largest absolute Gasteiger partial charge is 0.465 e. The molecule has 0 fully saturated rings. The van der Waals surface area contributed by atoms with Crippen LogP contribution in [0.1, 0.15) is 66.2 Å². The van der Waals surface area contributed by atoms with Crippen molar-refractivity contribution in [1.29, 1.82) is 0 Å². The Morgan fingerprint density at radius 2 is 1.32 bits per heavy atom. The molecule has 0 spiro atoms. The number of hydrogen-bond acceptors (Lipinski definition) is 6. The van der Waals surface area contributed by atoms with Crippen LogP contribution in [-0.2, 0) is 28.5 Å². The molecule has 168 valence electrons. The molecule has 0 bridgehead atoms. The van der Waals surface area contributed by atoms with E-state index in [-0.39, 0.29) is 5.97 Å². The van der Waals surface area contributed by atoms with E-state index in [0.29, 0.717) is 77.5 Å². The lowest BCUT2D eigenvalue weighted by Crippen LogP contribution is -2.15. The van der Waals surface area contributed by atoms with Gasteiger partial charge in [-0.3, -0.25) is 4.79 Å². The van der Waals surface area contributed by atoms with Gasteiger partial charge in [-0.25, -0.2) is 0 Å². The van der Waals surface area contributed by atoms with E-state index in [1.807, 2.05) is 0 Å². The van der Waals surface area contributed by atoms with Crippen LogP contribution in [0.25, 0.3) is 0 Å². The number of ether oxygens (including phenoxy) is 5. The maximum atomic E-state index is 11.7. The minimum Gasteiger partial charge on any atom is -0.465 e. The summed E-state index contributed by atoms with van der Waals surface area (Å²) in [5.74, 6) is 0.927. The first-order valence-corrected chi connectivity index (χ1v) is 11.1. The summed E-state index contributed by atoms with van der Waals surface area (Å²) in [5, 5.41) is 0. The van der Waals surface area contributed by atoms with E-state index < -0.39 is 0 Å². The Morgan fingerprint density at radius 1 is 0.750 bits per heavy atom. The van der Waals surface area contributed by atoms with Crippen molar-refractivity contribution in [3.63, 3.8) is 0 Å². The topological polar surface area (TPSA) is 63.2 Å². The van der Waals surface area contributed by atoms with Crippen LogP contribution >= 0.6 is 0 Å². The van der Waals surface area contributed by atoms with Crippen molar-refractivity contribution in [2.45, 2.75) is 66.2 Å². The summed E-state index contributed by atoms with van der Waals surface area (Å²) in [6.45, 7) is 13.9. The molecule has 6 heteroatoms. The number of carbonyl (C=O) groups excluding carboxylic acids is 1. The van der Waals surface area contributed by atoms with Crippen molar-refractivity contribution in [2.24, 2.45) is 11.8 Å². The highest BCUT2D eigenvalue weighted by molar-refractivity contribution is 5.69. The number of unbranched alkanes of at least 4 members (excludes halogenated alkanes) is 1. The molecule has 0 amide bonds. The van der Waals surface area contributed by atoms with Crippen molar-refractivity contribution in [2.75, 3.05) is 59.5 Å². The van der Waals surface area contributed by atoms with Gasteiger partial charge in [0.2, 0.25) is 0 Å². The van der Waals surface area contributed by atoms with Gasteiger partial charge in [0.05, 0.1) is 46.2 Å². The average Bonchev–Trinajstić information content (AvgIpc) is 2.68. The summed E-state index contributed by atoms with van der Waals surface area (Å²) in [6, 6.07) is 0. The van der Waals surface area contributed by atoms with Gasteiger partial charge in [0.25, 0.3) is 0 Å². The maximum Gasteiger partial charge on any atom is 0.305 e. The zero-order valence-corrected chi connectivity index (χ0v) is 18.7. The minimum atomic E-state index is -0.121. The van der Waals surface area contributed by atoms with Crippen molar-refractivity contribution in [3.05, 3.63) is 0 Å². The van der Waals surface area contributed by atoms with Crippen LogP contribution in [-0.4, -0.2) is 65.4 Å². The van der Waals surface area contributed by atoms with Crippen molar-refractivity contribution >= 4 is 5.97 Å². The zero-order chi connectivity index (χ0) is 20.9. The molecule has 0 aromatic rings. The van der Waals surface area contributed by atoms with Gasteiger partial charge in [-0.05, 0) is 24.7 Å². The van der Waals surface area contributed by atoms with E-state index in [2.05, 4.69) is 27.7 Å². The lowest BCUT2D eigenvalue weighted by Gasteiger charge is -2.14. The van der Waals surface area contributed by atoms with E-state index in [1.54, 1.807) is 0 Å². The monoisotopic (exact) mass is 404 g/mol. The molecule has 0 heterocycles. The van der Waals surface area contributed by atoms with E-state index >= 15 is 0 Å². The molecule has 0 saturated heterocycles. The molecule has 0 N–H and O–H groups in total. The molecule has 0 aromatic heterocycles. The van der Waals surface area contributed by atoms with Crippen molar-refractivity contribution < 1.29 is 28.5 Å². The van der Waals surface area contributed by atoms with Gasteiger partial charge >= 0.3 is 5.97 Å². The van der Waals surface area contributed by atoms with Crippen LogP contribution < -0.4 is 0 Å². The summed E-state index contributed by atoms with van der Waals surface area (Å²) in [5.41, 5.74) is 0. The van der Waals surface area contributed by atoms with Crippen LogP contribution in [0.15, 0.2) is 0 Å². The summed E-state index contributed by atoms with van der Waals surface area (Å²) >= 11 is 0. The Labute approximate surface area is 172 Å². The molecular formula is C22H44O6. The minimum absolute atomic E-state index is 0.121. The molecule has 1 unspecified atom stereocenters. The molecule has 0 aliphatic rings. The fraction of sp³-hybridized carbons (Fsp3) is 0.955. The van der Waals surface area contributed by atoms with Crippen LogP contribution in [0.5, 0.6) is 0 Å². The second-order valence-corrected chi connectivity index (χ2v) is 7.51. The highest BCUT2D eigenvalue weighted by Gasteiger charge is 2.09. The fourth-order valence-electron chi connectivity index (χ4n) is 2.48. The molecule has 0 rings (SSSR count). The van der Waals surface area contributed by atoms with Crippen molar-refractivity contribution in [1.82, 2.24) is 0 Å².